The SMILES string of the molecule is [2H]C([2H])([2H])N1C(=O)C(O)CC1c1cccnc1. The fraction of sp³-hybridized carbons (Fsp3) is 0.400. The molecule has 1 aliphatic rings. The summed E-state index contributed by atoms with van der Waals surface area (Å²) in [7, 11) is 0. The molecule has 1 fully saturated rings. The van der Waals surface area contributed by atoms with Gasteiger partial charge in [0.15, 0.2) is 0 Å². The van der Waals surface area contributed by atoms with E-state index in [1.54, 1.807) is 18.3 Å². The van der Waals surface area contributed by atoms with Crippen molar-refractivity contribution in [2.24, 2.45) is 0 Å². The summed E-state index contributed by atoms with van der Waals surface area (Å²) in [6.45, 7) is -2.55. The van der Waals surface area contributed by atoms with Crippen LogP contribution in [-0.4, -0.2) is 34.0 Å². The predicted molar refractivity (Wildman–Crippen MR) is 50.4 cm³/mol. The molecule has 2 atom stereocenters. The van der Waals surface area contributed by atoms with E-state index in [2.05, 4.69) is 4.98 Å². The Morgan fingerprint density at radius 3 is 3.29 bits per heavy atom. The molecule has 4 nitrogen and oxygen atoms in total. The largest absolute Gasteiger partial charge is 0.383 e. The number of carbonyl (C=O) groups is 1. The van der Waals surface area contributed by atoms with Crippen molar-refractivity contribution in [3.8, 4) is 0 Å². The Morgan fingerprint density at radius 1 is 1.79 bits per heavy atom. The Balaban J connectivity index is 2.37. The summed E-state index contributed by atoms with van der Waals surface area (Å²) in [6, 6.07) is 2.72. The van der Waals surface area contributed by atoms with E-state index >= 15 is 0 Å². The number of aliphatic hydroxyl groups excluding tert-OH is 1. The zero-order chi connectivity index (χ0) is 12.6. The molecule has 1 aliphatic heterocycles. The summed E-state index contributed by atoms with van der Waals surface area (Å²) < 4.78 is 22.0. The molecule has 1 saturated heterocycles. The van der Waals surface area contributed by atoms with Crippen molar-refractivity contribution in [3.05, 3.63) is 30.1 Å². The van der Waals surface area contributed by atoms with Crippen molar-refractivity contribution < 1.29 is 14.0 Å². The molecule has 0 radical (unpaired) electrons. The average molecular weight is 195 g/mol. The summed E-state index contributed by atoms with van der Waals surface area (Å²) in [5, 5.41) is 9.50. The van der Waals surface area contributed by atoms with Gasteiger partial charge >= 0.3 is 0 Å². The first-order valence-electron chi connectivity index (χ1n) is 5.82. The highest BCUT2D eigenvalue weighted by atomic mass is 16.3. The molecule has 2 rings (SSSR count). The normalized spacial score (nSPS) is 31.1. The summed E-state index contributed by atoms with van der Waals surface area (Å²) >= 11 is 0. The van der Waals surface area contributed by atoms with Crippen molar-refractivity contribution in [3.63, 3.8) is 0 Å². The summed E-state index contributed by atoms with van der Waals surface area (Å²) in [4.78, 5) is 16.3. The minimum Gasteiger partial charge on any atom is -0.383 e. The van der Waals surface area contributed by atoms with Gasteiger partial charge in [-0.25, -0.2) is 0 Å². The number of pyridine rings is 1. The van der Waals surface area contributed by atoms with E-state index in [0.29, 0.717) is 5.56 Å². The van der Waals surface area contributed by atoms with Crippen molar-refractivity contribution in [2.75, 3.05) is 6.98 Å². The highest BCUT2D eigenvalue weighted by Crippen LogP contribution is 2.30. The zero-order valence-corrected chi connectivity index (χ0v) is 7.42. The van der Waals surface area contributed by atoms with Gasteiger partial charge in [0.25, 0.3) is 5.91 Å². The number of likely N-dealkylation sites (N-methyl/N-ethyl adjacent to an activating group) is 1. The number of carbonyl (C=O) groups excluding carboxylic acids is 1. The predicted octanol–water partition coefficient (Wildman–Crippen LogP) is 0.346. The lowest BCUT2D eigenvalue weighted by atomic mass is 10.1. The lowest BCUT2D eigenvalue weighted by Gasteiger charge is -2.18. The molecule has 0 aliphatic carbocycles. The Morgan fingerprint density at radius 2 is 2.64 bits per heavy atom. The van der Waals surface area contributed by atoms with E-state index in [1.165, 1.54) is 6.20 Å². The molecule has 4 heteroatoms. The van der Waals surface area contributed by atoms with Gasteiger partial charge in [-0.3, -0.25) is 9.78 Å². The van der Waals surface area contributed by atoms with Gasteiger partial charge < -0.3 is 10.0 Å². The van der Waals surface area contributed by atoms with Crippen LogP contribution in [0.1, 0.15) is 22.1 Å². The maximum absolute atomic E-state index is 11.6. The van der Waals surface area contributed by atoms with Crippen LogP contribution >= 0.6 is 0 Å². The standard InChI is InChI=1S/C10H12N2O2/c1-12-8(5-9(13)10(12)14)7-3-2-4-11-6-7/h2-4,6,8-9,13H,5H2,1H3/i1D3. The maximum atomic E-state index is 11.6. The third-order valence-electron chi connectivity index (χ3n) is 2.35. The lowest BCUT2D eigenvalue weighted by Crippen LogP contribution is -2.26. The van der Waals surface area contributed by atoms with Crippen LogP contribution in [0.3, 0.4) is 0 Å². The first kappa shape index (κ1) is 6.14. The second-order valence-corrected chi connectivity index (χ2v) is 3.26. The summed E-state index contributed by atoms with van der Waals surface area (Å²) in [5.74, 6) is -0.751. The van der Waals surface area contributed by atoms with E-state index in [1.807, 2.05) is 0 Å². The minimum absolute atomic E-state index is 0.0862. The average Bonchev–Trinajstić information content (AvgIpc) is 2.56. The highest BCUT2D eigenvalue weighted by molar-refractivity contribution is 5.83. The van der Waals surface area contributed by atoms with Crippen LogP contribution in [0.4, 0.5) is 0 Å². The number of aliphatic hydroxyl groups is 1. The Bertz CT molecular complexity index is 421. The van der Waals surface area contributed by atoms with Gasteiger partial charge in [0.1, 0.15) is 6.10 Å². The number of hydrogen-bond donors (Lipinski definition) is 1. The number of hydrogen-bond acceptors (Lipinski definition) is 3. The molecule has 14 heavy (non-hydrogen) atoms. The number of nitrogens with zero attached hydrogens (tertiary/aromatic N) is 2. The first-order chi connectivity index (χ1) is 7.91. The molecule has 0 aromatic carbocycles. The first-order valence-corrected chi connectivity index (χ1v) is 4.32. The maximum Gasteiger partial charge on any atom is 0.251 e. The Hall–Kier alpha value is -1.42. The summed E-state index contributed by atoms with van der Waals surface area (Å²) in [5.41, 5.74) is 0.619. The van der Waals surface area contributed by atoms with Crippen LogP contribution in [0.15, 0.2) is 24.5 Å². The summed E-state index contributed by atoms with van der Waals surface area (Å²) in [6.07, 6.45) is 1.91. The molecule has 1 aromatic rings. The molecule has 2 unspecified atom stereocenters. The highest BCUT2D eigenvalue weighted by Gasteiger charge is 2.36. The Labute approximate surface area is 86.4 Å². The smallest absolute Gasteiger partial charge is 0.251 e. The molecule has 0 saturated carbocycles. The van der Waals surface area contributed by atoms with E-state index in [9.17, 15) is 9.90 Å². The second kappa shape index (κ2) is 3.38. The quantitative estimate of drug-likeness (QED) is 0.703. The van der Waals surface area contributed by atoms with E-state index in [-0.39, 0.29) is 6.42 Å². The molecular weight excluding hydrogens is 180 g/mol. The molecular formula is C10H12N2O2. The molecule has 0 spiro atoms. The van der Waals surface area contributed by atoms with Crippen LogP contribution in [-0.2, 0) is 4.79 Å². The van der Waals surface area contributed by atoms with E-state index in [0.717, 1.165) is 4.90 Å². The lowest BCUT2D eigenvalue weighted by molar-refractivity contribution is -0.134. The van der Waals surface area contributed by atoms with Crippen LogP contribution in [0.5, 0.6) is 0 Å². The number of aromatic nitrogens is 1. The fourth-order valence-electron chi connectivity index (χ4n) is 1.59. The van der Waals surface area contributed by atoms with Crippen LogP contribution < -0.4 is 0 Å². The molecule has 2 heterocycles. The second-order valence-electron chi connectivity index (χ2n) is 3.26. The van der Waals surface area contributed by atoms with Gasteiger partial charge in [0.2, 0.25) is 0 Å². The van der Waals surface area contributed by atoms with Gasteiger partial charge in [-0.1, -0.05) is 6.07 Å². The molecule has 1 amide bonds. The van der Waals surface area contributed by atoms with Crippen molar-refractivity contribution in [1.29, 1.82) is 0 Å². The van der Waals surface area contributed by atoms with Gasteiger partial charge in [-0.05, 0) is 11.6 Å². The van der Waals surface area contributed by atoms with Gasteiger partial charge in [-0.2, -0.15) is 0 Å². The molecule has 0 bridgehead atoms. The van der Waals surface area contributed by atoms with Crippen molar-refractivity contribution >= 4 is 5.91 Å². The fourth-order valence-corrected chi connectivity index (χ4v) is 1.59. The monoisotopic (exact) mass is 195 g/mol. The number of likely N-dealkylation sites (tertiary alicyclic amines) is 1. The zero-order valence-electron chi connectivity index (χ0n) is 10.4. The molecule has 1 N–H and O–H groups in total. The van der Waals surface area contributed by atoms with Crippen LogP contribution in [0.25, 0.3) is 0 Å². The van der Waals surface area contributed by atoms with Gasteiger partial charge in [0.05, 0.1) is 6.04 Å². The minimum atomic E-state index is -2.55. The topological polar surface area (TPSA) is 53.4 Å². The van der Waals surface area contributed by atoms with Crippen LogP contribution in [0, 0.1) is 0 Å². The van der Waals surface area contributed by atoms with Gasteiger partial charge in [0, 0.05) is 29.9 Å². The van der Waals surface area contributed by atoms with E-state index in [4.69, 9.17) is 4.11 Å². The Kier molecular flexibility index (Phi) is 1.48. The molecule has 1 aromatic heterocycles. The number of rotatable bonds is 1. The van der Waals surface area contributed by atoms with Crippen molar-refractivity contribution in [1.82, 2.24) is 9.88 Å². The van der Waals surface area contributed by atoms with E-state index < -0.39 is 25.0 Å². The van der Waals surface area contributed by atoms with Crippen molar-refractivity contribution in [2.45, 2.75) is 18.6 Å². The van der Waals surface area contributed by atoms with Gasteiger partial charge in [-0.15, -0.1) is 0 Å². The molecule has 74 valence electrons. The third kappa shape index (κ3) is 1.37. The number of amides is 1. The third-order valence-corrected chi connectivity index (χ3v) is 2.35. The van der Waals surface area contributed by atoms with Crippen LogP contribution in [0.2, 0.25) is 0 Å².